The van der Waals surface area contributed by atoms with Crippen LogP contribution >= 0.6 is 35.3 Å². The number of anilines is 1. The number of hydrogen-bond donors (Lipinski definition) is 1. The van der Waals surface area contributed by atoms with Crippen molar-refractivity contribution in [3.05, 3.63) is 57.1 Å². The van der Waals surface area contributed by atoms with Gasteiger partial charge in [0.1, 0.15) is 4.32 Å². The van der Waals surface area contributed by atoms with Crippen molar-refractivity contribution in [3.8, 4) is 0 Å². The molecule has 128 valence electrons. The van der Waals surface area contributed by atoms with Gasteiger partial charge < -0.3 is 5.32 Å². The van der Waals surface area contributed by atoms with Gasteiger partial charge >= 0.3 is 0 Å². The minimum Gasteiger partial charge on any atom is -0.326 e. The Morgan fingerprint density at radius 3 is 2.72 bits per heavy atom. The monoisotopic (exact) mass is 388 g/mol. The van der Waals surface area contributed by atoms with Gasteiger partial charge in [0.2, 0.25) is 5.91 Å². The highest BCUT2D eigenvalue weighted by molar-refractivity contribution is 8.26. The molecule has 1 aliphatic heterocycles. The molecule has 3 rings (SSSR count). The number of nitrogens with zero attached hydrogens (tertiary/aromatic N) is 1. The molecular weight excluding hydrogens is 372 g/mol. The molecule has 1 fully saturated rings. The van der Waals surface area contributed by atoms with Gasteiger partial charge in [-0.15, -0.1) is 11.3 Å². The van der Waals surface area contributed by atoms with Crippen molar-refractivity contribution < 1.29 is 9.59 Å². The van der Waals surface area contributed by atoms with Gasteiger partial charge in [-0.3, -0.25) is 14.5 Å². The molecule has 1 aromatic carbocycles. The third-order valence-corrected chi connectivity index (χ3v) is 5.79. The van der Waals surface area contributed by atoms with E-state index in [0.717, 1.165) is 16.1 Å². The highest BCUT2D eigenvalue weighted by atomic mass is 32.2. The van der Waals surface area contributed by atoms with Gasteiger partial charge in [0.05, 0.1) is 4.91 Å². The third-order valence-electron chi connectivity index (χ3n) is 3.59. The van der Waals surface area contributed by atoms with Crippen LogP contribution in [0.15, 0.2) is 46.7 Å². The first-order valence-electron chi connectivity index (χ1n) is 7.68. The zero-order valence-electron chi connectivity index (χ0n) is 13.5. The van der Waals surface area contributed by atoms with E-state index in [2.05, 4.69) is 5.32 Å². The molecule has 25 heavy (non-hydrogen) atoms. The van der Waals surface area contributed by atoms with E-state index in [0.29, 0.717) is 9.23 Å². The fourth-order valence-electron chi connectivity index (χ4n) is 2.27. The van der Waals surface area contributed by atoms with Crippen LogP contribution in [0.1, 0.15) is 16.9 Å². The summed E-state index contributed by atoms with van der Waals surface area (Å²) in [5.74, 6) is -0.272. The Hall–Kier alpha value is -1.96. The number of thiophene rings is 1. The van der Waals surface area contributed by atoms with Crippen LogP contribution < -0.4 is 5.32 Å². The van der Waals surface area contributed by atoms with Gasteiger partial charge in [0, 0.05) is 23.5 Å². The molecule has 1 saturated heterocycles. The highest BCUT2D eigenvalue weighted by Crippen LogP contribution is 2.33. The van der Waals surface area contributed by atoms with E-state index in [4.69, 9.17) is 12.2 Å². The quantitative estimate of drug-likeness (QED) is 0.613. The minimum absolute atomic E-state index is 0.133. The number of nitrogens with one attached hydrogen (secondary N) is 1. The first kappa shape index (κ1) is 17.8. The number of thiocarbonyl (C=S) groups is 1. The van der Waals surface area contributed by atoms with Crippen LogP contribution in [0, 0.1) is 6.92 Å². The lowest BCUT2D eigenvalue weighted by molar-refractivity contribution is -0.122. The molecule has 1 N–H and O–H groups in total. The lowest BCUT2D eigenvalue weighted by Crippen LogP contribution is -2.31. The first-order valence-corrected chi connectivity index (χ1v) is 9.79. The average Bonchev–Trinajstić information content (AvgIpc) is 3.18. The number of benzene rings is 1. The van der Waals surface area contributed by atoms with E-state index in [9.17, 15) is 9.59 Å². The molecule has 2 aromatic rings. The van der Waals surface area contributed by atoms with Gasteiger partial charge in [-0.05, 0) is 36.6 Å². The summed E-state index contributed by atoms with van der Waals surface area (Å²) in [6, 6.07) is 11.5. The Labute approximate surface area is 159 Å². The Balaban J connectivity index is 1.57. The van der Waals surface area contributed by atoms with Crippen LogP contribution in [0.2, 0.25) is 0 Å². The fraction of sp³-hybridized carbons (Fsp3) is 0.167. The maximum Gasteiger partial charge on any atom is 0.266 e. The molecular formula is C18H16N2O2S3. The molecule has 2 amide bonds. The summed E-state index contributed by atoms with van der Waals surface area (Å²) >= 11 is 8.13. The largest absolute Gasteiger partial charge is 0.326 e. The number of hydrogen-bond acceptors (Lipinski definition) is 5. The SMILES string of the molecule is Cc1ccc(NC(=O)CCN2C(=O)/C(=C/c3cccs3)SC2=S)cc1. The molecule has 0 aliphatic carbocycles. The van der Waals surface area contributed by atoms with Crippen molar-refractivity contribution in [1.82, 2.24) is 4.90 Å². The molecule has 0 atom stereocenters. The van der Waals surface area contributed by atoms with Crippen molar-refractivity contribution in [3.63, 3.8) is 0 Å². The predicted octanol–water partition coefficient (Wildman–Crippen LogP) is 4.29. The topological polar surface area (TPSA) is 49.4 Å². The van der Waals surface area contributed by atoms with E-state index in [1.165, 1.54) is 16.7 Å². The summed E-state index contributed by atoms with van der Waals surface area (Å²) in [4.78, 5) is 27.7. The zero-order valence-corrected chi connectivity index (χ0v) is 16.0. The first-order chi connectivity index (χ1) is 12.0. The molecule has 0 unspecified atom stereocenters. The van der Waals surface area contributed by atoms with Crippen molar-refractivity contribution >= 4 is 63.2 Å². The molecule has 2 heterocycles. The number of aryl methyl sites for hydroxylation is 1. The molecule has 1 aromatic heterocycles. The Bertz CT molecular complexity index is 827. The summed E-state index contributed by atoms with van der Waals surface area (Å²) in [5.41, 5.74) is 1.88. The van der Waals surface area contributed by atoms with Crippen molar-refractivity contribution in [2.45, 2.75) is 13.3 Å². The lowest BCUT2D eigenvalue weighted by atomic mass is 10.2. The van der Waals surface area contributed by atoms with E-state index in [-0.39, 0.29) is 24.8 Å². The Morgan fingerprint density at radius 2 is 2.04 bits per heavy atom. The van der Waals surface area contributed by atoms with Crippen LogP contribution in [0.3, 0.4) is 0 Å². The van der Waals surface area contributed by atoms with Crippen LogP contribution in [-0.4, -0.2) is 27.6 Å². The fourth-order valence-corrected chi connectivity index (χ4v) is 4.30. The smallest absolute Gasteiger partial charge is 0.266 e. The zero-order chi connectivity index (χ0) is 17.8. The second-order valence-corrected chi connectivity index (χ2v) is 8.17. The summed E-state index contributed by atoms with van der Waals surface area (Å²) in [6.45, 7) is 2.27. The number of thioether (sulfide) groups is 1. The van der Waals surface area contributed by atoms with Gasteiger partial charge in [-0.25, -0.2) is 0 Å². The standard InChI is InChI=1S/C18H16N2O2S3/c1-12-4-6-13(7-5-12)19-16(21)8-9-20-17(22)15(25-18(20)23)11-14-3-2-10-24-14/h2-7,10-11H,8-9H2,1H3,(H,19,21)/b15-11-. The number of rotatable bonds is 5. The summed E-state index contributed by atoms with van der Waals surface area (Å²) in [7, 11) is 0. The van der Waals surface area contributed by atoms with Crippen LogP contribution in [0.25, 0.3) is 6.08 Å². The van der Waals surface area contributed by atoms with Gasteiger partial charge in [0.25, 0.3) is 5.91 Å². The minimum atomic E-state index is -0.139. The van der Waals surface area contributed by atoms with Crippen molar-refractivity contribution in [2.24, 2.45) is 0 Å². The van der Waals surface area contributed by atoms with Crippen molar-refractivity contribution in [1.29, 1.82) is 0 Å². The normalized spacial score (nSPS) is 15.9. The lowest BCUT2D eigenvalue weighted by Gasteiger charge is -2.14. The van der Waals surface area contributed by atoms with Crippen LogP contribution in [0.4, 0.5) is 5.69 Å². The summed E-state index contributed by atoms with van der Waals surface area (Å²) in [5, 5.41) is 4.79. The molecule has 0 saturated carbocycles. The summed E-state index contributed by atoms with van der Waals surface area (Å²) in [6.07, 6.45) is 2.04. The second kappa shape index (κ2) is 7.95. The van der Waals surface area contributed by atoms with Crippen LogP contribution in [0.5, 0.6) is 0 Å². The van der Waals surface area contributed by atoms with Gasteiger partial charge in [-0.1, -0.05) is 47.7 Å². The Morgan fingerprint density at radius 1 is 1.28 bits per heavy atom. The van der Waals surface area contributed by atoms with Gasteiger partial charge in [-0.2, -0.15) is 0 Å². The van der Waals surface area contributed by atoms with E-state index in [1.807, 2.05) is 54.8 Å². The molecule has 0 spiro atoms. The van der Waals surface area contributed by atoms with Crippen LogP contribution in [-0.2, 0) is 9.59 Å². The van der Waals surface area contributed by atoms with Crippen molar-refractivity contribution in [2.75, 3.05) is 11.9 Å². The van der Waals surface area contributed by atoms with E-state index < -0.39 is 0 Å². The molecule has 0 bridgehead atoms. The molecule has 4 nitrogen and oxygen atoms in total. The maximum absolute atomic E-state index is 12.5. The Kier molecular flexibility index (Phi) is 5.67. The van der Waals surface area contributed by atoms with E-state index in [1.54, 1.807) is 11.3 Å². The maximum atomic E-state index is 12.5. The summed E-state index contributed by atoms with van der Waals surface area (Å²) < 4.78 is 0.496. The number of carbonyl (C=O) groups is 2. The average molecular weight is 389 g/mol. The highest BCUT2D eigenvalue weighted by Gasteiger charge is 2.32. The number of carbonyl (C=O) groups excluding carboxylic acids is 2. The predicted molar refractivity (Wildman–Crippen MR) is 109 cm³/mol. The molecule has 1 aliphatic rings. The van der Waals surface area contributed by atoms with E-state index >= 15 is 0 Å². The number of amides is 2. The molecule has 0 radical (unpaired) electrons. The van der Waals surface area contributed by atoms with Gasteiger partial charge in [0.15, 0.2) is 0 Å². The third kappa shape index (κ3) is 4.56. The molecule has 7 heteroatoms. The second-order valence-electron chi connectivity index (χ2n) is 5.51.